The number of rotatable bonds is 2. The molecule has 1 fully saturated rings. The fraction of sp³-hybridized carbons (Fsp3) is 0.556. The summed E-state index contributed by atoms with van der Waals surface area (Å²) in [6, 6.07) is 0.190. The lowest BCUT2D eigenvalue weighted by molar-refractivity contribution is -0.119. The third kappa shape index (κ3) is 1.93. The van der Waals surface area contributed by atoms with Gasteiger partial charge in [-0.05, 0) is 19.3 Å². The van der Waals surface area contributed by atoms with Gasteiger partial charge in [0.15, 0.2) is 0 Å². The number of aromatic amines is 1. The van der Waals surface area contributed by atoms with Crippen molar-refractivity contribution in [1.29, 1.82) is 0 Å². The standard InChI is InChI=1S/C9H14N4O/c10-7-2-1-6(3-7)9(14)13-8-4-11-12-5-8/h4-7H,1-3,10H2,(H,11,12)(H,13,14). The Balaban J connectivity index is 1.90. The summed E-state index contributed by atoms with van der Waals surface area (Å²) in [5.74, 6) is 0.124. The van der Waals surface area contributed by atoms with Crippen molar-refractivity contribution in [2.24, 2.45) is 11.7 Å². The lowest BCUT2D eigenvalue weighted by Crippen LogP contribution is -2.22. The molecule has 1 aliphatic rings. The third-order valence-electron chi connectivity index (χ3n) is 2.61. The molecular weight excluding hydrogens is 180 g/mol. The first-order chi connectivity index (χ1) is 6.75. The van der Waals surface area contributed by atoms with E-state index in [-0.39, 0.29) is 17.9 Å². The molecule has 1 aromatic rings. The molecule has 1 aliphatic carbocycles. The Hall–Kier alpha value is -1.36. The molecule has 2 rings (SSSR count). The van der Waals surface area contributed by atoms with Crippen LogP contribution in [0.4, 0.5) is 5.69 Å². The number of H-pyrrole nitrogens is 1. The van der Waals surface area contributed by atoms with E-state index in [1.165, 1.54) is 0 Å². The zero-order valence-electron chi connectivity index (χ0n) is 7.86. The molecule has 4 N–H and O–H groups in total. The zero-order valence-corrected chi connectivity index (χ0v) is 7.86. The number of nitrogens with zero attached hydrogens (tertiary/aromatic N) is 1. The van der Waals surface area contributed by atoms with Crippen LogP contribution in [0.5, 0.6) is 0 Å². The number of amides is 1. The van der Waals surface area contributed by atoms with Gasteiger partial charge in [-0.3, -0.25) is 9.89 Å². The van der Waals surface area contributed by atoms with Gasteiger partial charge in [0.25, 0.3) is 0 Å². The highest BCUT2D eigenvalue weighted by atomic mass is 16.1. The Bertz CT molecular complexity index is 309. The number of hydrogen-bond donors (Lipinski definition) is 3. The fourth-order valence-electron chi connectivity index (χ4n) is 1.82. The van der Waals surface area contributed by atoms with Crippen LogP contribution in [0.1, 0.15) is 19.3 Å². The Kier molecular flexibility index (Phi) is 2.49. The van der Waals surface area contributed by atoms with Crippen LogP contribution >= 0.6 is 0 Å². The molecule has 0 saturated heterocycles. The predicted molar refractivity (Wildman–Crippen MR) is 52.5 cm³/mol. The van der Waals surface area contributed by atoms with E-state index in [9.17, 15) is 4.79 Å². The van der Waals surface area contributed by atoms with Crippen molar-refractivity contribution >= 4 is 11.6 Å². The van der Waals surface area contributed by atoms with E-state index in [0.717, 1.165) is 24.9 Å². The first-order valence-electron chi connectivity index (χ1n) is 4.81. The van der Waals surface area contributed by atoms with Crippen LogP contribution in [-0.2, 0) is 4.79 Å². The second kappa shape index (κ2) is 3.79. The molecule has 0 aliphatic heterocycles. The Morgan fingerprint density at radius 2 is 2.50 bits per heavy atom. The summed E-state index contributed by atoms with van der Waals surface area (Å²) in [5.41, 5.74) is 6.46. The molecule has 1 aromatic heterocycles. The van der Waals surface area contributed by atoms with Crippen molar-refractivity contribution < 1.29 is 4.79 Å². The molecule has 2 unspecified atom stereocenters. The topological polar surface area (TPSA) is 83.8 Å². The van der Waals surface area contributed by atoms with Crippen LogP contribution in [-0.4, -0.2) is 22.1 Å². The van der Waals surface area contributed by atoms with Crippen LogP contribution < -0.4 is 11.1 Å². The maximum absolute atomic E-state index is 11.6. The van der Waals surface area contributed by atoms with E-state index >= 15 is 0 Å². The van der Waals surface area contributed by atoms with Crippen molar-refractivity contribution in [3.63, 3.8) is 0 Å². The van der Waals surface area contributed by atoms with Gasteiger partial charge in [0.1, 0.15) is 0 Å². The quantitative estimate of drug-likeness (QED) is 0.640. The lowest BCUT2D eigenvalue weighted by atomic mass is 10.1. The highest BCUT2D eigenvalue weighted by Crippen LogP contribution is 2.25. The molecule has 0 aromatic carbocycles. The molecule has 14 heavy (non-hydrogen) atoms. The molecular formula is C9H14N4O. The monoisotopic (exact) mass is 194 g/mol. The molecule has 1 heterocycles. The highest BCUT2D eigenvalue weighted by Gasteiger charge is 2.27. The molecule has 0 bridgehead atoms. The summed E-state index contributed by atoms with van der Waals surface area (Å²) in [5, 5.41) is 9.19. The maximum atomic E-state index is 11.6. The number of aromatic nitrogens is 2. The normalized spacial score (nSPS) is 26.4. The summed E-state index contributed by atoms with van der Waals surface area (Å²) in [6.07, 6.45) is 5.89. The largest absolute Gasteiger partial charge is 0.328 e. The van der Waals surface area contributed by atoms with Crippen LogP contribution in [0.2, 0.25) is 0 Å². The Morgan fingerprint density at radius 3 is 3.07 bits per heavy atom. The Morgan fingerprint density at radius 1 is 1.64 bits per heavy atom. The minimum absolute atomic E-state index is 0.0550. The zero-order chi connectivity index (χ0) is 9.97. The molecule has 5 heteroatoms. The van der Waals surface area contributed by atoms with Gasteiger partial charge < -0.3 is 11.1 Å². The summed E-state index contributed by atoms with van der Waals surface area (Å²) < 4.78 is 0. The van der Waals surface area contributed by atoms with Gasteiger partial charge in [-0.2, -0.15) is 5.10 Å². The minimum Gasteiger partial charge on any atom is -0.328 e. The summed E-state index contributed by atoms with van der Waals surface area (Å²) >= 11 is 0. The fourth-order valence-corrected chi connectivity index (χ4v) is 1.82. The van der Waals surface area contributed by atoms with Crippen molar-refractivity contribution in [1.82, 2.24) is 10.2 Å². The SMILES string of the molecule is NC1CCC(C(=O)Nc2cn[nH]c2)C1. The third-order valence-corrected chi connectivity index (χ3v) is 2.61. The summed E-state index contributed by atoms with van der Waals surface area (Å²) in [6.45, 7) is 0. The van der Waals surface area contributed by atoms with Crippen LogP contribution in [0.15, 0.2) is 12.4 Å². The first kappa shape index (κ1) is 9.21. The van der Waals surface area contributed by atoms with Gasteiger partial charge in [0, 0.05) is 18.2 Å². The van der Waals surface area contributed by atoms with Gasteiger partial charge in [-0.1, -0.05) is 0 Å². The Labute approximate surface area is 82.1 Å². The molecule has 5 nitrogen and oxygen atoms in total. The van der Waals surface area contributed by atoms with E-state index in [4.69, 9.17) is 5.73 Å². The number of nitrogens with two attached hydrogens (primary N) is 1. The highest BCUT2D eigenvalue weighted by molar-refractivity contribution is 5.92. The van der Waals surface area contributed by atoms with Gasteiger partial charge in [0.05, 0.1) is 11.9 Å². The molecule has 0 radical (unpaired) electrons. The van der Waals surface area contributed by atoms with E-state index < -0.39 is 0 Å². The van der Waals surface area contributed by atoms with Crippen LogP contribution in [0, 0.1) is 5.92 Å². The maximum Gasteiger partial charge on any atom is 0.227 e. The van der Waals surface area contributed by atoms with Crippen LogP contribution in [0.3, 0.4) is 0 Å². The summed E-state index contributed by atoms with van der Waals surface area (Å²) in [4.78, 5) is 11.6. The predicted octanol–water partition coefficient (Wildman–Crippen LogP) is 0.476. The molecule has 0 spiro atoms. The van der Waals surface area contributed by atoms with Gasteiger partial charge >= 0.3 is 0 Å². The molecule has 1 saturated carbocycles. The number of nitrogens with one attached hydrogen (secondary N) is 2. The number of hydrogen-bond acceptors (Lipinski definition) is 3. The van der Waals surface area contributed by atoms with Gasteiger partial charge in [-0.25, -0.2) is 0 Å². The smallest absolute Gasteiger partial charge is 0.227 e. The lowest BCUT2D eigenvalue weighted by Gasteiger charge is -2.08. The minimum atomic E-state index is 0.0550. The van der Waals surface area contributed by atoms with Gasteiger partial charge in [-0.15, -0.1) is 0 Å². The number of carbonyl (C=O) groups is 1. The molecule has 1 amide bonds. The van der Waals surface area contributed by atoms with Crippen molar-refractivity contribution in [3.8, 4) is 0 Å². The van der Waals surface area contributed by atoms with Gasteiger partial charge in [0.2, 0.25) is 5.91 Å². The van der Waals surface area contributed by atoms with E-state index in [2.05, 4.69) is 15.5 Å². The second-order valence-corrected chi connectivity index (χ2v) is 3.75. The molecule has 76 valence electrons. The second-order valence-electron chi connectivity index (χ2n) is 3.75. The van der Waals surface area contributed by atoms with E-state index in [1.54, 1.807) is 12.4 Å². The van der Waals surface area contributed by atoms with Crippen molar-refractivity contribution in [2.45, 2.75) is 25.3 Å². The number of anilines is 1. The van der Waals surface area contributed by atoms with Crippen LogP contribution in [0.25, 0.3) is 0 Å². The average Bonchev–Trinajstić information content (AvgIpc) is 2.75. The first-order valence-corrected chi connectivity index (χ1v) is 4.81. The van der Waals surface area contributed by atoms with E-state index in [0.29, 0.717) is 0 Å². The number of carbonyl (C=O) groups excluding carboxylic acids is 1. The van der Waals surface area contributed by atoms with E-state index in [1.807, 2.05) is 0 Å². The van der Waals surface area contributed by atoms with Crippen molar-refractivity contribution in [2.75, 3.05) is 5.32 Å². The summed E-state index contributed by atoms with van der Waals surface area (Å²) in [7, 11) is 0. The van der Waals surface area contributed by atoms with Crippen molar-refractivity contribution in [3.05, 3.63) is 12.4 Å². The average molecular weight is 194 g/mol. The molecule has 2 atom stereocenters.